The lowest BCUT2D eigenvalue weighted by molar-refractivity contribution is -0.116. The molecule has 1 heterocycles. The summed E-state index contributed by atoms with van der Waals surface area (Å²) in [6, 6.07) is 1.92. The largest absolute Gasteiger partial charge is 0.300 e. The van der Waals surface area contributed by atoms with Crippen molar-refractivity contribution in [3.8, 4) is 0 Å². The van der Waals surface area contributed by atoms with Crippen molar-refractivity contribution in [3.05, 3.63) is 28.0 Å². The summed E-state index contributed by atoms with van der Waals surface area (Å²) >= 11 is 3.35. The molecule has 0 saturated heterocycles. The molecular formula is C9H10BrNO. The molecule has 1 rings (SSSR count). The Labute approximate surface area is 80.1 Å². The summed E-state index contributed by atoms with van der Waals surface area (Å²) in [6.45, 7) is 3.55. The Balaban J connectivity index is 2.89. The Morgan fingerprint density at radius 2 is 2.33 bits per heavy atom. The number of halogens is 1. The van der Waals surface area contributed by atoms with Gasteiger partial charge in [0.1, 0.15) is 5.78 Å². The van der Waals surface area contributed by atoms with Crippen molar-refractivity contribution in [2.24, 2.45) is 0 Å². The number of hydrogen-bond acceptors (Lipinski definition) is 2. The monoisotopic (exact) mass is 227 g/mol. The minimum absolute atomic E-state index is 0.143. The van der Waals surface area contributed by atoms with Crippen LogP contribution in [0.2, 0.25) is 0 Å². The van der Waals surface area contributed by atoms with E-state index in [4.69, 9.17) is 0 Å². The van der Waals surface area contributed by atoms with Gasteiger partial charge in [-0.2, -0.15) is 0 Å². The summed E-state index contributed by atoms with van der Waals surface area (Å²) in [5, 5.41) is 0. The van der Waals surface area contributed by atoms with Crippen LogP contribution in [0.5, 0.6) is 0 Å². The molecule has 0 aliphatic heterocycles. The Morgan fingerprint density at radius 3 is 2.83 bits per heavy atom. The van der Waals surface area contributed by atoms with Gasteiger partial charge in [-0.3, -0.25) is 9.78 Å². The van der Waals surface area contributed by atoms with E-state index in [0.717, 1.165) is 15.7 Å². The number of hydrogen-bond donors (Lipinski definition) is 0. The lowest BCUT2D eigenvalue weighted by Gasteiger charge is -2.00. The molecule has 12 heavy (non-hydrogen) atoms. The van der Waals surface area contributed by atoms with E-state index in [0.29, 0.717) is 6.42 Å². The standard InChI is InChI=1S/C9H10BrNO/c1-6-3-8(4-7(2)12)11-5-9(6)10/h3,5H,4H2,1-2H3. The van der Waals surface area contributed by atoms with Gasteiger partial charge in [-0.25, -0.2) is 0 Å². The van der Waals surface area contributed by atoms with E-state index in [9.17, 15) is 4.79 Å². The molecule has 64 valence electrons. The van der Waals surface area contributed by atoms with Crippen LogP contribution in [0.1, 0.15) is 18.2 Å². The van der Waals surface area contributed by atoms with Crippen LogP contribution < -0.4 is 0 Å². The topological polar surface area (TPSA) is 30.0 Å². The number of aryl methyl sites for hydroxylation is 1. The van der Waals surface area contributed by atoms with Crippen LogP contribution >= 0.6 is 15.9 Å². The Bertz CT molecular complexity index is 309. The highest BCUT2D eigenvalue weighted by molar-refractivity contribution is 9.10. The highest BCUT2D eigenvalue weighted by Crippen LogP contribution is 2.14. The summed E-state index contributed by atoms with van der Waals surface area (Å²) in [6.07, 6.45) is 2.15. The molecule has 0 unspecified atom stereocenters. The third-order valence-corrected chi connectivity index (χ3v) is 2.36. The molecule has 2 nitrogen and oxygen atoms in total. The summed E-state index contributed by atoms with van der Waals surface area (Å²) < 4.78 is 0.981. The number of aromatic nitrogens is 1. The molecule has 0 bridgehead atoms. The van der Waals surface area contributed by atoms with E-state index in [-0.39, 0.29) is 5.78 Å². The van der Waals surface area contributed by atoms with Gasteiger partial charge in [-0.15, -0.1) is 0 Å². The van der Waals surface area contributed by atoms with Gasteiger partial charge in [-0.05, 0) is 41.4 Å². The highest BCUT2D eigenvalue weighted by atomic mass is 79.9. The van der Waals surface area contributed by atoms with Crippen LogP contribution in [0.4, 0.5) is 0 Å². The van der Waals surface area contributed by atoms with Crippen LogP contribution in [0.3, 0.4) is 0 Å². The summed E-state index contributed by atoms with van der Waals surface area (Å²) in [7, 11) is 0. The first-order chi connectivity index (χ1) is 5.59. The number of carbonyl (C=O) groups excluding carboxylic acids is 1. The van der Waals surface area contributed by atoms with Gasteiger partial charge in [0.25, 0.3) is 0 Å². The number of nitrogens with zero attached hydrogens (tertiary/aromatic N) is 1. The maximum atomic E-state index is 10.8. The average Bonchev–Trinajstić information content (AvgIpc) is 1.96. The molecule has 0 atom stereocenters. The lowest BCUT2D eigenvalue weighted by Crippen LogP contribution is -1.99. The van der Waals surface area contributed by atoms with Crippen molar-refractivity contribution in [3.63, 3.8) is 0 Å². The lowest BCUT2D eigenvalue weighted by atomic mass is 10.2. The van der Waals surface area contributed by atoms with Crippen molar-refractivity contribution in [1.82, 2.24) is 4.98 Å². The van der Waals surface area contributed by atoms with Crippen LogP contribution in [-0.2, 0) is 11.2 Å². The molecule has 0 saturated carbocycles. The fourth-order valence-corrected chi connectivity index (χ4v) is 1.17. The van der Waals surface area contributed by atoms with Crippen LogP contribution in [0, 0.1) is 6.92 Å². The molecule has 0 radical (unpaired) electrons. The van der Waals surface area contributed by atoms with Gasteiger partial charge in [0.2, 0.25) is 0 Å². The average molecular weight is 228 g/mol. The normalized spacial score (nSPS) is 9.92. The summed E-state index contributed by atoms with van der Waals surface area (Å²) in [4.78, 5) is 14.9. The molecule has 1 aromatic rings. The van der Waals surface area contributed by atoms with Crippen LogP contribution in [-0.4, -0.2) is 10.8 Å². The van der Waals surface area contributed by atoms with Crippen molar-refractivity contribution in [2.45, 2.75) is 20.3 Å². The minimum Gasteiger partial charge on any atom is -0.300 e. The fraction of sp³-hybridized carbons (Fsp3) is 0.333. The van der Waals surface area contributed by atoms with Gasteiger partial charge < -0.3 is 0 Å². The van der Waals surface area contributed by atoms with Crippen LogP contribution in [0.25, 0.3) is 0 Å². The van der Waals surface area contributed by atoms with Gasteiger partial charge in [0.05, 0.1) is 0 Å². The molecule has 0 N–H and O–H groups in total. The quantitative estimate of drug-likeness (QED) is 0.777. The minimum atomic E-state index is 0.143. The molecule has 1 aromatic heterocycles. The first-order valence-electron chi connectivity index (χ1n) is 3.70. The zero-order valence-corrected chi connectivity index (χ0v) is 8.68. The third-order valence-electron chi connectivity index (χ3n) is 1.53. The van der Waals surface area contributed by atoms with Crippen molar-refractivity contribution < 1.29 is 4.79 Å². The number of Topliss-reactive ketones (excluding diaryl/α,β-unsaturated/α-hetero) is 1. The number of ketones is 1. The van der Waals surface area contributed by atoms with Gasteiger partial charge in [-0.1, -0.05) is 0 Å². The van der Waals surface area contributed by atoms with Gasteiger partial charge >= 0.3 is 0 Å². The van der Waals surface area contributed by atoms with E-state index < -0.39 is 0 Å². The number of carbonyl (C=O) groups is 1. The second-order valence-electron chi connectivity index (χ2n) is 2.80. The van der Waals surface area contributed by atoms with E-state index in [1.807, 2.05) is 13.0 Å². The summed E-state index contributed by atoms with van der Waals surface area (Å²) in [5.41, 5.74) is 1.95. The van der Waals surface area contributed by atoms with Crippen molar-refractivity contribution in [2.75, 3.05) is 0 Å². The Morgan fingerprint density at radius 1 is 1.67 bits per heavy atom. The highest BCUT2D eigenvalue weighted by Gasteiger charge is 2.01. The van der Waals surface area contributed by atoms with Gasteiger partial charge in [0, 0.05) is 22.8 Å². The smallest absolute Gasteiger partial charge is 0.135 e. The molecule has 0 aliphatic rings. The van der Waals surface area contributed by atoms with E-state index >= 15 is 0 Å². The fourth-order valence-electron chi connectivity index (χ4n) is 0.949. The molecule has 0 spiro atoms. The Kier molecular flexibility index (Phi) is 2.98. The van der Waals surface area contributed by atoms with Crippen molar-refractivity contribution in [1.29, 1.82) is 0 Å². The first-order valence-corrected chi connectivity index (χ1v) is 4.49. The van der Waals surface area contributed by atoms with Gasteiger partial charge in [0.15, 0.2) is 0 Å². The zero-order valence-electron chi connectivity index (χ0n) is 7.10. The van der Waals surface area contributed by atoms with E-state index in [2.05, 4.69) is 20.9 Å². The molecule has 0 aliphatic carbocycles. The van der Waals surface area contributed by atoms with Crippen molar-refractivity contribution >= 4 is 21.7 Å². The zero-order chi connectivity index (χ0) is 9.14. The second kappa shape index (κ2) is 3.81. The second-order valence-corrected chi connectivity index (χ2v) is 3.66. The first kappa shape index (κ1) is 9.39. The predicted octanol–water partition coefficient (Wildman–Crippen LogP) is 2.28. The summed E-state index contributed by atoms with van der Waals surface area (Å²) in [5.74, 6) is 0.143. The maximum Gasteiger partial charge on any atom is 0.135 e. The number of pyridine rings is 1. The van der Waals surface area contributed by atoms with E-state index in [1.165, 1.54) is 0 Å². The predicted molar refractivity (Wildman–Crippen MR) is 51.1 cm³/mol. The Hall–Kier alpha value is -0.700. The third kappa shape index (κ3) is 2.41. The molecule has 0 aromatic carbocycles. The molecular weight excluding hydrogens is 218 g/mol. The molecule has 0 amide bonds. The SMILES string of the molecule is CC(=O)Cc1cc(C)c(Br)cn1. The van der Waals surface area contributed by atoms with Crippen LogP contribution in [0.15, 0.2) is 16.7 Å². The van der Waals surface area contributed by atoms with E-state index in [1.54, 1.807) is 13.1 Å². The molecule has 3 heteroatoms. The maximum absolute atomic E-state index is 10.8. The molecule has 0 fully saturated rings. The number of rotatable bonds is 2.